The molecular formula is C13H25N. The summed E-state index contributed by atoms with van der Waals surface area (Å²) in [5, 5.41) is 3.50. The topological polar surface area (TPSA) is 12.0 Å². The van der Waals surface area contributed by atoms with Crippen LogP contribution >= 0.6 is 0 Å². The lowest BCUT2D eigenvalue weighted by molar-refractivity contribution is 0.471. The number of hydrogen-bond donors (Lipinski definition) is 1. The van der Waals surface area contributed by atoms with E-state index in [1.165, 1.54) is 22.4 Å². The summed E-state index contributed by atoms with van der Waals surface area (Å²) in [5.41, 5.74) is 5.56. The monoisotopic (exact) mass is 195 g/mol. The molecule has 0 atom stereocenters. The highest BCUT2D eigenvalue weighted by atomic mass is 15.0. The third-order valence-electron chi connectivity index (χ3n) is 2.44. The lowest BCUT2D eigenvalue weighted by Crippen LogP contribution is -2.34. The van der Waals surface area contributed by atoms with Crippen LogP contribution in [0.5, 0.6) is 0 Å². The van der Waals surface area contributed by atoms with Crippen LogP contribution in [0.15, 0.2) is 22.4 Å². The number of allylic oxidation sites excluding steroid dienone is 4. The first-order valence-corrected chi connectivity index (χ1v) is 5.25. The Balaban J connectivity index is 4.87. The van der Waals surface area contributed by atoms with Crippen LogP contribution in [0.3, 0.4) is 0 Å². The van der Waals surface area contributed by atoms with Crippen molar-refractivity contribution in [2.45, 2.75) is 60.9 Å². The van der Waals surface area contributed by atoms with Gasteiger partial charge < -0.3 is 5.32 Å². The fraction of sp³-hybridized carbons (Fsp3) is 0.692. The first kappa shape index (κ1) is 13.3. The van der Waals surface area contributed by atoms with E-state index in [-0.39, 0.29) is 5.54 Å². The van der Waals surface area contributed by atoms with Gasteiger partial charge in [-0.2, -0.15) is 0 Å². The molecule has 0 aromatic heterocycles. The summed E-state index contributed by atoms with van der Waals surface area (Å²) in [6.45, 7) is 17.4. The highest BCUT2D eigenvalue weighted by molar-refractivity contribution is 5.33. The molecule has 0 aromatic carbocycles. The van der Waals surface area contributed by atoms with Crippen molar-refractivity contribution in [1.29, 1.82) is 0 Å². The Hall–Kier alpha value is -0.720. The van der Waals surface area contributed by atoms with Crippen molar-refractivity contribution in [3.8, 4) is 0 Å². The maximum atomic E-state index is 3.50. The highest BCUT2D eigenvalue weighted by Crippen LogP contribution is 2.17. The molecule has 0 saturated carbocycles. The minimum Gasteiger partial charge on any atom is -0.384 e. The van der Waals surface area contributed by atoms with Gasteiger partial charge in [0.25, 0.3) is 0 Å². The molecule has 0 saturated heterocycles. The predicted molar refractivity (Wildman–Crippen MR) is 65.3 cm³/mol. The zero-order chi connectivity index (χ0) is 11.5. The fourth-order valence-corrected chi connectivity index (χ4v) is 1.31. The Morgan fingerprint density at radius 2 is 1.21 bits per heavy atom. The van der Waals surface area contributed by atoms with Gasteiger partial charge in [0.15, 0.2) is 0 Å². The van der Waals surface area contributed by atoms with E-state index in [0.717, 1.165) is 0 Å². The molecule has 1 nitrogen and oxygen atoms in total. The Bertz CT molecular complexity index is 257. The van der Waals surface area contributed by atoms with Crippen LogP contribution in [0, 0.1) is 0 Å². The zero-order valence-corrected chi connectivity index (χ0v) is 11.0. The Morgan fingerprint density at radius 1 is 0.786 bits per heavy atom. The first-order valence-electron chi connectivity index (χ1n) is 5.25. The van der Waals surface area contributed by atoms with E-state index in [4.69, 9.17) is 0 Å². The molecule has 0 aromatic rings. The molecule has 82 valence electrons. The van der Waals surface area contributed by atoms with Gasteiger partial charge in [0.05, 0.1) is 0 Å². The maximum absolute atomic E-state index is 3.50. The predicted octanol–water partition coefficient (Wildman–Crippen LogP) is 4.02. The minimum atomic E-state index is 0.146. The Kier molecular flexibility index (Phi) is 4.44. The van der Waals surface area contributed by atoms with Gasteiger partial charge in [-0.3, -0.25) is 0 Å². The van der Waals surface area contributed by atoms with Crippen LogP contribution in [-0.2, 0) is 0 Å². The molecule has 0 aliphatic carbocycles. The number of rotatable bonds is 2. The summed E-state index contributed by atoms with van der Waals surface area (Å²) in [6, 6.07) is 0. The molecule has 0 amide bonds. The Labute approximate surface area is 89.3 Å². The molecule has 0 spiro atoms. The van der Waals surface area contributed by atoms with Gasteiger partial charge in [-0.25, -0.2) is 0 Å². The first-order chi connectivity index (χ1) is 6.15. The van der Waals surface area contributed by atoms with E-state index < -0.39 is 0 Å². The number of nitrogens with one attached hydrogen (secondary N) is 1. The van der Waals surface area contributed by atoms with Gasteiger partial charge in [-0.15, -0.1) is 0 Å². The van der Waals surface area contributed by atoms with Crippen LogP contribution < -0.4 is 5.32 Å². The Morgan fingerprint density at radius 3 is 1.50 bits per heavy atom. The molecule has 0 aliphatic rings. The molecule has 0 bridgehead atoms. The average molecular weight is 195 g/mol. The zero-order valence-electron chi connectivity index (χ0n) is 11.0. The van der Waals surface area contributed by atoms with Crippen molar-refractivity contribution in [2.75, 3.05) is 0 Å². The largest absolute Gasteiger partial charge is 0.384 e. The second kappa shape index (κ2) is 4.68. The smallest absolute Gasteiger partial charge is 0.0286 e. The average Bonchev–Trinajstić information content (AvgIpc) is 1.98. The second-order valence-electron chi connectivity index (χ2n) is 5.25. The van der Waals surface area contributed by atoms with Crippen LogP contribution in [-0.4, -0.2) is 5.54 Å². The van der Waals surface area contributed by atoms with Gasteiger partial charge >= 0.3 is 0 Å². The van der Waals surface area contributed by atoms with Crippen LogP contribution in [0.25, 0.3) is 0 Å². The van der Waals surface area contributed by atoms with Gasteiger partial charge in [-0.1, -0.05) is 5.57 Å². The molecule has 0 aliphatic heterocycles. The molecule has 1 N–H and O–H groups in total. The molecule has 14 heavy (non-hydrogen) atoms. The molecule has 1 heteroatoms. The van der Waals surface area contributed by atoms with Crippen molar-refractivity contribution in [3.05, 3.63) is 22.4 Å². The summed E-state index contributed by atoms with van der Waals surface area (Å²) in [5.74, 6) is 0. The summed E-state index contributed by atoms with van der Waals surface area (Å²) >= 11 is 0. The summed E-state index contributed by atoms with van der Waals surface area (Å²) < 4.78 is 0. The summed E-state index contributed by atoms with van der Waals surface area (Å²) in [7, 11) is 0. The molecule has 0 radical (unpaired) electrons. The SMILES string of the molecule is CC(C)=C(C)C(C)=C(C)NC(C)(C)C. The molecule has 0 rings (SSSR count). The molecule has 0 unspecified atom stereocenters. The van der Waals surface area contributed by atoms with Gasteiger partial charge in [0.2, 0.25) is 0 Å². The quantitative estimate of drug-likeness (QED) is 0.656. The second-order valence-corrected chi connectivity index (χ2v) is 5.25. The summed E-state index contributed by atoms with van der Waals surface area (Å²) in [6.07, 6.45) is 0. The van der Waals surface area contributed by atoms with E-state index in [9.17, 15) is 0 Å². The van der Waals surface area contributed by atoms with Crippen molar-refractivity contribution >= 4 is 0 Å². The van der Waals surface area contributed by atoms with Gasteiger partial charge in [-0.05, 0) is 66.5 Å². The third-order valence-corrected chi connectivity index (χ3v) is 2.44. The van der Waals surface area contributed by atoms with Crippen LogP contribution in [0.4, 0.5) is 0 Å². The van der Waals surface area contributed by atoms with Crippen molar-refractivity contribution in [3.63, 3.8) is 0 Å². The van der Waals surface area contributed by atoms with Crippen LogP contribution in [0.1, 0.15) is 55.4 Å². The van der Waals surface area contributed by atoms with Crippen LogP contribution in [0.2, 0.25) is 0 Å². The van der Waals surface area contributed by atoms with E-state index in [1.807, 2.05) is 0 Å². The van der Waals surface area contributed by atoms with Gasteiger partial charge in [0.1, 0.15) is 0 Å². The van der Waals surface area contributed by atoms with E-state index in [1.54, 1.807) is 0 Å². The molecular weight excluding hydrogens is 170 g/mol. The minimum absolute atomic E-state index is 0.146. The lowest BCUT2D eigenvalue weighted by atomic mass is 10.0. The highest BCUT2D eigenvalue weighted by Gasteiger charge is 2.10. The van der Waals surface area contributed by atoms with E-state index >= 15 is 0 Å². The lowest BCUT2D eigenvalue weighted by Gasteiger charge is -2.24. The molecule has 0 fully saturated rings. The standard InChI is InChI=1S/C13H25N/c1-9(2)10(3)11(4)12(5)14-13(6,7)8/h14H,1-8H3. The third kappa shape index (κ3) is 4.50. The van der Waals surface area contributed by atoms with Gasteiger partial charge in [0, 0.05) is 11.2 Å². The summed E-state index contributed by atoms with van der Waals surface area (Å²) in [4.78, 5) is 0. The van der Waals surface area contributed by atoms with Crippen molar-refractivity contribution < 1.29 is 0 Å². The number of hydrogen-bond acceptors (Lipinski definition) is 1. The fourth-order valence-electron chi connectivity index (χ4n) is 1.31. The van der Waals surface area contributed by atoms with E-state index in [2.05, 4.69) is 60.7 Å². The van der Waals surface area contributed by atoms with Crippen molar-refractivity contribution in [1.82, 2.24) is 5.32 Å². The van der Waals surface area contributed by atoms with E-state index in [0.29, 0.717) is 0 Å². The van der Waals surface area contributed by atoms with Crippen molar-refractivity contribution in [2.24, 2.45) is 0 Å². The molecule has 0 heterocycles. The normalized spacial score (nSPS) is 13.4. The maximum Gasteiger partial charge on any atom is 0.0286 e.